The average molecular weight is 243 g/mol. The maximum atomic E-state index is 5.98. The normalized spacial score (nSPS) is 18.4. The molecule has 0 saturated carbocycles. The van der Waals surface area contributed by atoms with Crippen molar-refractivity contribution >= 4 is 0 Å². The first-order valence-electron chi connectivity index (χ1n) is 6.22. The number of nitrogens with zero attached hydrogens (tertiary/aromatic N) is 2. The molecule has 0 bridgehead atoms. The number of imidazole rings is 1. The van der Waals surface area contributed by atoms with E-state index in [4.69, 9.17) is 10.5 Å². The lowest BCUT2D eigenvalue weighted by molar-refractivity contribution is 0.415. The molecule has 1 aliphatic heterocycles. The van der Waals surface area contributed by atoms with Crippen LogP contribution in [0.1, 0.15) is 12.1 Å². The van der Waals surface area contributed by atoms with Gasteiger partial charge in [-0.15, -0.1) is 0 Å². The Bertz CT molecular complexity index is 562. The Labute approximate surface area is 106 Å². The molecule has 18 heavy (non-hydrogen) atoms. The van der Waals surface area contributed by atoms with Crippen molar-refractivity contribution in [1.82, 2.24) is 9.55 Å². The van der Waals surface area contributed by atoms with Gasteiger partial charge in [0.2, 0.25) is 0 Å². The zero-order valence-electron chi connectivity index (χ0n) is 10.5. The number of benzene rings is 1. The Balaban J connectivity index is 2.02. The van der Waals surface area contributed by atoms with Crippen LogP contribution in [0.25, 0.3) is 11.4 Å². The second kappa shape index (κ2) is 4.46. The van der Waals surface area contributed by atoms with Gasteiger partial charge in [0.05, 0.1) is 7.11 Å². The number of fused-ring (bicyclic) bond motifs is 1. The van der Waals surface area contributed by atoms with E-state index in [0.29, 0.717) is 0 Å². The second-order valence-electron chi connectivity index (χ2n) is 4.71. The lowest BCUT2D eigenvalue weighted by Crippen LogP contribution is -2.30. The fourth-order valence-electron chi connectivity index (χ4n) is 2.48. The topological polar surface area (TPSA) is 53.1 Å². The van der Waals surface area contributed by atoms with E-state index in [1.807, 2.05) is 24.4 Å². The first-order chi connectivity index (χ1) is 8.78. The minimum absolute atomic E-state index is 0.271. The summed E-state index contributed by atoms with van der Waals surface area (Å²) in [5.74, 6) is 1.87. The number of hydrogen-bond acceptors (Lipinski definition) is 3. The van der Waals surface area contributed by atoms with Gasteiger partial charge < -0.3 is 15.0 Å². The van der Waals surface area contributed by atoms with E-state index in [1.54, 1.807) is 7.11 Å². The zero-order chi connectivity index (χ0) is 12.5. The van der Waals surface area contributed by atoms with E-state index in [1.165, 1.54) is 5.69 Å². The predicted octanol–water partition coefficient (Wildman–Crippen LogP) is 1.83. The molecule has 3 rings (SSSR count). The van der Waals surface area contributed by atoms with Gasteiger partial charge >= 0.3 is 0 Å². The van der Waals surface area contributed by atoms with Gasteiger partial charge in [0.1, 0.15) is 11.6 Å². The standard InChI is InChI=1S/C14H17N3O/c1-18-13-4-2-3-10(7-13)14-16-9-12-8-11(15)5-6-17(12)14/h2-4,7,9,11H,5-6,8,15H2,1H3. The van der Waals surface area contributed by atoms with Gasteiger partial charge in [0.15, 0.2) is 0 Å². The van der Waals surface area contributed by atoms with Crippen molar-refractivity contribution in [2.75, 3.05) is 7.11 Å². The van der Waals surface area contributed by atoms with Crippen LogP contribution in [0.2, 0.25) is 0 Å². The molecule has 1 atom stereocenters. The largest absolute Gasteiger partial charge is 0.497 e. The number of aromatic nitrogens is 2. The summed E-state index contributed by atoms with van der Waals surface area (Å²) in [6.45, 7) is 0.947. The molecule has 0 amide bonds. The molecule has 1 unspecified atom stereocenters. The van der Waals surface area contributed by atoms with E-state index in [0.717, 1.165) is 36.5 Å². The van der Waals surface area contributed by atoms with E-state index >= 15 is 0 Å². The van der Waals surface area contributed by atoms with Crippen LogP contribution in [0.15, 0.2) is 30.5 Å². The molecular formula is C14H17N3O. The number of hydrogen-bond donors (Lipinski definition) is 1. The van der Waals surface area contributed by atoms with Crippen LogP contribution in [0.3, 0.4) is 0 Å². The molecule has 0 aliphatic carbocycles. The molecule has 4 nitrogen and oxygen atoms in total. The molecule has 2 N–H and O–H groups in total. The average Bonchev–Trinajstić information content (AvgIpc) is 2.81. The van der Waals surface area contributed by atoms with Gasteiger partial charge in [-0.1, -0.05) is 12.1 Å². The lowest BCUT2D eigenvalue weighted by Gasteiger charge is -2.21. The van der Waals surface area contributed by atoms with Gasteiger partial charge in [0, 0.05) is 36.5 Å². The third-order valence-electron chi connectivity index (χ3n) is 3.46. The Kier molecular flexibility index (Phi) is 2.80. The number of ether oxygens (including phenoxy) is 1. The van der Waals surface area contributed by atoms with Crippen molar-refractivity contribution in [3.63, 3.8) is 0 Å². The molecule has 0 saturated heterocycles. The Hall–Kier alpha value is -1.81. The van der Waals surface area contributed by atoms with Gasteiger partial charge in [-0.05, 0) is 18.6 Å². The molecule has 0 radical (unpaired) electrons. The lowest BCUT2D eigenvalue weighted by atomic mass is 10.1. The highest BCUT2D eigenvalue weighted by atomic mass is 16.5. The SMILES string of the molecule is COc1cccc(-c2ncc3n2CCC(N)C3)c1. The van der Waals surface area contributed by atoms with Gasteiger partial charge in [-0.25, -0.2) is 4.98 Å². The minimum Gasteiger partial charge on any atom is -0.497 e. The molecule has 1 aromatic heterocycles. The Morgan fingerprint density at radius 2 is 2.33 bits per heavy atom. The van der Waals surface area contributed by atoms with E-state index in [2.05, 4.69) is 15.6 Å². The highest BCUT2D eigenvalue weighted by molar-refractivity contribution is 5.58. The van der Waals surface area contributed by atoms with Crippen molar-refractivity contribution in [3.05, 3.63) is 36.2 Å². The monoisotopic (exact) mass is 243 g/mol. The summed E-state index contributed by atoms with van der Waals surface area (Å²) in [6, 6.07) is 8.29. The maximum Gasteiger partial charge on any atom is 0.140 e. The van der Waals surface area contributed by atoms with Crippen molar-refractivity contribution in [2.24, 2.45) is 5.73 Å². The van der Waals surface area contributed by atoms with Crippen molar-refractivity contribution < 1.29 is 4.74 Å². The van der Waals surface area contributed by atoms with Crippen LogP contribution in [-0.4, -0.2) is 22.7 Å². The second-order valence-corrected chi connectivity index (χ2v) is 4.71. The Morgan fingerprint density at radius 1 is 1.44 bits per heavy atom. The van der Waals surface area contributed by atoms with Crippen molar-refractivity contribution in [2.45, 2.75) is 25.4 Å². The van der Waals surface area contributed by atoms with Gasteiger partial charge in [-0.3, -0.25) is 0 Å². The van der Waals surface area contributed by atoms with Crippen molar-refractivity contribution in [3.8, 4) is 17.1 Å². The van der Waals surface area contributed by atoms with E-state index in [9.17, 15) is 0 Å². The van der Waals surface area contributed by atoms with Crippen LogP contribution < -0.4 is 10.5 Å². The summed E-state index contributed by atoms with van der Waals surface area (Å²) in [6.07, 6.45) is 3.87. The molecular weight excluding hydrogens is 226 g/mol. The fraction of sp³-hybridized carbons (Fsp3) is 0.357. The zero-order valence-corrected chi connectivity index (χ0v) is 10.5. The van der Waals surface area contributed by atoms with E-state index < -0.39 is 0 Å². The third-order valence-corrected chi connectivity index (χ3v) is 3.46. The molecule has 94 valence electrons. The predicted molar refractivity (Wildman–Crippen MR) is 70.5 cm³/mol. The molecule has 4 heteroatoms. The summed E-state index contributed by atoms with van der Waals surface area (Å²) in [5.41, 5.74) is 8.30. The molecule has 2 aromatic rings. The molecule has 0 fully saturated rings. The van der Waals surface area contributed by atoms with Crippen molar-refractivity contribution in [1.29, 1.82) is 0 Å². The van der Waals surface area contributed by atoms with Crippen LogP contribution >= 0.6 is 0 Å². The highest BCUT2D eigenvalue weighted by Gasteiger charge is 2.19. The van der Waals surface area contributed by atoms with Crippen LogP contribution in [-0.2, 0) is 13.0 Å². The quantitative estimate of drug-likeness (QED) is 0.875. The maximum absolute atomic E-state index is 5.98. The number of nitrogens with two attached hydrogens (primary N) is 1. The first-order valence-corrected chi connectivity index (χ1v) is 6.22. The summed E-state index contributed by atoms with van der Waals surface area (Å²) in [5, 5.41) is 0. The summed E-state index contributed by atoms with van der Waals surface area (Å²) < 4.78 is 7.52. The van der Waals surface area contributed by atoms with E-state index in [-0.39, 0.29) is 6.04 Å². The van der Waals surface area contributed by atoms with Crippen LogP contribution in [0.5, 0.6) is 5.75 Å². The van der Waals surface area contributed by atoms with Crippen LogP contribution in [0.4, 0.5) is 0 Å². The van der Waals surface area contributed by atoms with Gasteiger partial charge in [-0.2, -0.15) is 0 Å². The number of methoxy groups -OCH3 is 1. The Morgan fingerprint density at radius 3 is 3.17 bits per heavy atom. The third kappa shape index (κ3) is 1.88. The summed E-state index contributed by atoms with van der Waals surface area (Å²) >= 11 is 0. The number of rotatable bonds is 2. The van der Waals surface area contributed by atoms with Crippen LogP contribution in [0, 0.1) is 0 Å². The highest BCUT2D eigenvalue weighted by Crippen LogP contribution is 2.26. The van der Waals surface area contributed by atoms with Gasteiger partial charge in [0.25, 0.3) is 0 Å². The molecule has 1 aliphatic rings. The molecule has 0 spiro atoms. The minimum atomic E-state index is 0.271. The summed E-state index contributed by atoms with van der Waals surface area (Å²) in [4.78, 5) is 4.53. The smallest absolute Gasteiger partial charge is 0.140 e. The fourth-order valence-corrected chi connectivity index (χ4v) is 2.48. The first kappa shape index (κ1) is 11.3. The molecule has 2 heterocycles. The molecule has 1 aromatic carbocycles. The summed E-state index contributed by atoms with van der Waals surface area (Å²) in [7, 11) is 1.68.